The third-order valence-electron chi connectivity index (χ3n) is 4.50. The van der Waals surface area contributed by atoms with Crippen LogP contribution in [-0.4, -0.2) is 79.4 Å². The summed E-state index contributed by atoms with van der Waals surface area (Å²) < 4.78 is 15.5. The van der Waals surface area contributed by atoms with Crippen LogP contribution in [0.4, 0.5) is 9.59 Å². The second-order valence-electron chi connectivity index (χ2n) is 7.99. The molecular formula is C21H31N3O6. The zero-order chi connectivity index (χ0) is 22.1. The minimum absolute atomic E-state index is 0.167. The smallest absolute Gasteiger partial charge is 0.410 e. The van der Waals surface area contributed by atoms with Crippen LogP contribution in [0.3, 0.4) is 0 Å². The first-order valence-electron chi connectivity index (χ1n) is 9.94. The Balaban J connectivity index is 1.82. The monoisotopic (exact) mass is 421 g/mol. The van der Waals surface area contributed by atoms with Gasteiger partial charge in [-0.15, -0.1) is 0 Å². The van der Waals surface area contributed by atoms with Crippen LogP contribution in [0.2, 0.25) is 0 Å². The molecule has 9 nitrogen and oxygen atoms in total. The van der Waals surface area contributed by atoms with E-state index in [4.69, 9.17) is 14.2 Å². The van der Waals surface area contributed by atoms with Gasteiger partial charge in [-0.2, -0.15) is 0 Å². The van der Waals surface area contributed by atoms with Crippen molar-refractivity contribution in [2.75, 3.05) is 39.8 Å². The highest BCUT2D eigenvalue weighted by molar-refractivity contribution is 5.77. The second-order valence-corrected chi connectivity index (χ2v) is 7.99. The minimum atomic E-state index is -0.626. The topological polar surface area (TPSA) is 97.4 Å². The third-order valence-corrected chi connectivity index (χ3v) is 4.50. The summed E-state index contributed by atoms with van der Waals surface area (Å²) >= 11 is 0. The van der Waals surface area contributed by atoms with Crippen LogP contribution in [0, 0.1) is 0 Å². The van der Waals surface area contributed by atoms with Crippen LogP contribution >= 0.6 is 0 Å². The standard InChI is InChI=1S/C21H31N3O6/c1-21(2,3)30-20(27)24-13-12-23(17(14-24)18(25)28-4)11-10-22-19(26)29-15-16-8-6-5-7-9-16/h5-9,17H,10-15H2,1-4H3,(H,22,26)/t17-/m0/s1. The Hall–Kier alpha value is -2.81. The van der Waals surface area contributed by atoms with Gasteiger partial charge in [-0.05, 0) is 26.3 Å². The summed E-state index contributed by atoms with van der Waals surface area (Å²) in [7, 11) is 1.31. The van der Waals surface area contributed by atoms with Crippen molar-refractivity contribution >= 4 is 18.2 Å². The number of carbonyl (C=O) groups excluding carboxylic acids is 3. The minimum Gasteiger partial charge on any atom is -0.468 e. The fourth-order valence-corrected chi connectivity index (χ4v) is 3.02. The van der Waals surface area contributed by atoms with Gasteiger partial charge in [0.2, 0.25) is 0 Å². The van der Waals surface area contributed by atoms with Crippen LogP contribution < -0.4 is 5.32 Å². The molecule has 0 bridgehead atoms. The number of hydrogen-bond donors (Lipinski definition) is 1. The average molecular weight is 421 g/mol. The lowest BCUT2D eigenvalue weighted by Gasteiger charge is -2.40. The molecule has 1 aromatic rings. The van der Waals surface area contributed by atoms with Gasteiger partial charge in [0.05, 0.1) is 13.7 Å². The lowest BCUT2D eigenvalue weighted by atomic mass is 10.1. The normalized spacial score (nSPS) is 17.2. The van der Waals surface area contributed by atoms with E-state index in [2.05, 4.69) is 5.32 Å². The van der Waals surface area contributed by atoms with Crippen molar-refractivity contribution in [2.24, 2.45) is 0 Å². The maximum Gasteiger partial charge on any atom is 0.410 e. The lowest BCUT2D eigenvalue weighted by molar-refractivity contribution is -0.149. The summed E-state index contributed by atoms with van der Waals surface area (Å²) in [4.78, 5) is 39.8. The van der Waals surface area contributed by atoms with Crippen LogP contribution in [0.1, 0.15) is 26.3 Å². The number of hydrogen-bond acceptors (Lipinski definition) is 7. The Kier molecular flexibility index (Phi) is 8.46. The van der Waals surface area contributed by atoms with Crippen molar-refractivity contribution in [1.29, 1.82) is 0 Å². The van der Waals surface area contributed by atoms with Crippen molar-refractivity contribution in [3.63, 3.8) is 0 Å². The summed E-state index contributed by atoms with van der Waals surface area (Å²) in [6.45, 7) is 7.33. The van der Waals surface area contributed by atoms with Gasteiger partial charge in [0, 0.05) is 26.2 Å². The quantitative estimate of drug-likeness (QED) is 0.554. The summed E-state index contributed by atoms with van der Waals surface area (Å²) in [5.41, 5.74) is 0.288. The van der Waals surface area contributed by atoms with Gasteiger partial charge in [-0.3, -0.25) is 9.69 Å². The molecule has 0 unspecified atom stereocenters. The molecule has 1 heterocycles. The van der Waals surface area contributed by atoms with Gasteiger partial charge >= 0.3 is 18.2 Å². The van der Waals surface area contributed by atoms with Crippen LogP contribution in [0.5, 0.6) is 0 Å². The largest absolute Gasteiger partial charge is 0.468 e. The highest BCUT2D eigenvalue weighted by atomic mass is 16.6. The number of piperazine rings is 1. The molecular weight excluding hydrogens is 390 g/mol. The summed E-state index contributed by atoms with van der Waals surface area (Å²) in [6.07, 6.45) is -0.987. The first kappa shape index (κ1) is 23.5. The number of benzene rings is 1. The Morgan fingerprint density at radius 2 is 1.83 bits per heavy atom. The van der Waals surface area contributed by atoms with Crippen LogP contribution in [0.15, 0.2) is 30.3 Å². The Labute approximate surface area is 177 Å². The van der Waals surface area contributed by atoms with Crippen LogP contribution in [0.25, 0.3) is 0 Å². The first-order valence-corrected chi connectivity index (χ1v) is 9.94. The molecule has 9 heteroatoms. The fourth-order valence-electron chi connectivity index (χ4n) is 3.02. The zero-order valence-corrected chi connectivity index (χ0v) is 18.1. The van der Waals surface area contributed by atoms with Gasteiger partial charge in [-0.25, -0.2) is 9.59 Å². The van der Waals surface area contributed by atoms with E-state index in [0.29, 0.717) is 26.2 Å². The molecule has 0 aliphatic carbocycles. The summed E-state index contributed by atoms with van der Waals surface area (Å²) in [6, 6.07) is 8.76. The van der Waals surface area contributed by atoms with Gasteiger partial charge in [0.25, 0.3) is 0 Å². The molecule has 1 saturated heterocycles. The predicted molar refractivity (Wildman–Crippen MR) is 110 cm³/mol. The number of nitrogens with zero attached hydrogens (tertiary/aromatic N) is 2. The number of nitrogens with one attached hydrogen (secondary N) is 1. The molecule has 166 valence electrons. The molecule has 1 aliphatic rings. The molecule has 1 aliphatic heterocycles. The van der Waals surface area contributed by atoms with E-state index in [9.17, 15) is 14.4 Å². The second kappa shape index (κ2) is 10.8. The average Bonchev–Trinajstić information content (AvgIpc) is 2.71. The highest BCUT2D eigenvalue weighted by Gasteiger charge is 2.36. The fraction of sp³-hybridized carbons (Fsp3) is 0.571. The van der Waals surface area contributed by atoms with E-state index in [1.807, 2.05) is 35.2 Å². The zero-order valence-electron chi connectivity index (χ0n) is 18.1. The summed E-state index contributed by atoms with van der Waals surface area (Å²) in [5.74, 6) is -0.435. The molecule has 0 aromatic heterocycles. The molecule has 2 rings (SSSR count). The van der Waals surface area contributed by atoms with E-state index in [1.54, 1.807) is 20.8 Å². The SMILES string of the molecule is COC(=O)[C@@H]1CN(C(=O)OC(C)(C)C)CCN1CCNC(=O)OCc1ccccc1. The number of rotatable bonds is 6. The van der Waals surface area contributed by atoms with Crippen LogP contribution in [-0.2, 0) is 25.6 Å². The molecule has 2 amide bonds. The highest BCUT2D eigenvalue weighted by Crippen LogP contribution is 2.15. The van der Waals surface area contributed by atoms with Gasteiger partial charge in [-0.1, -0.05) is 30.3 Å². The van der Waals surface area contributed by atoms with Crippen molar-refractivity contribution in [2.45, 2.75) is 39.0 Å². The molecule has 1 N–H and O–H groups in total. The number of esters is 1. The third kappa shape index (κ3) is 7.55. The van der Waals surface area contributed by atoms with Crippen molar-refractivity contribution in [3.05, 3.63) is 35.9 Å². The maximum absolute atomic E-state index is 12.3. The number of carbonyl (C=O) groups is 3. The Bertz CT molecular complexity index is 719. The lowest BCUT2D eigenvalue weighted by Crippen LogP contribution is -2.59. The van der Waals surface area contributed by atoms with E-state index < -0.39 is 29.8 Å². The van der Waals surface area contributed by atoms with Gasteiger partial charge in [0.15, 0.2) is 0 Å². The molecule has 0 saturated carbocycles. The molecule has 1 aromatic carbocycles. The van der Waals surface area contributed by atoms with E-state index in [1.165, 1.54) is 12.0 Å². The number of methoxy groups -OCH3 is 1. The van der Waals surface area contributed by atoms with E-state index >= 15 is 0 Å². The number of alkyl carbamates (subject to hydrolysis) is 1. The molecule has 1 fully saturated rings. The summed E-state index contributed by atoms with van der Waals surface area (Å²) in [5, 5.41) is 2.68. The molecule has 0 radical (unpaired) electrons. The van der Waals surface area contributed by atoms with Gasteiger partial charge in [0.1, 0.15) is 18.2 Å². The van der Waals surface area contributed by atoms with Crippen molar-refractivity contribution in [3.8, 4) is 0 Å². The first-order chi connectivity index (χ1) is 14.2. The predicted octanol–water partition coefficient (Wildman–Crippen LogP) is 2.01. The van der Waals surface area contributed by atoms with Crippen molar-refractivity contribution < 1.29 is 28.6 Å². The maximum atomic E-state index is 12.3. The van der Waals surface area contributed by atoms with E-state index in [0.717, 1.165) is 5.56 Å². The molecule has 1 atom stereocenters. The Morgan fingerprint density at radius 3 is 2.47 bits per heavy atom. The Morgan fingerprint density at radius 1 is 1.13 bits per heavy atom. The van der Waals surface area contributed by atoms with E-state index in [-0.39, 0.29) is 13.2 Å². The number of amides is 2. The molecule has 30 heavy (non-hydrogen) atoms. The number of ether oxygens (including phenoxy) is 3. The van der Waals surface area contributed by atoms with Crippen molar-refractivity contribution in [1.82, 2.24) is 15.1 Å². The molecule has 0 spiro atoms. The van der Waals surface area contributed by atoms with Gasteiger partial charge < -0.3 is 24.4 Å².